The summed E-state index contributed by atoms with van der Waals surface area (Å²) in [5.74, 6) is -0.721. The highest BCUT2D eigenvalue weighted by atomic mass is 16.5. The number of hydrogen-bond donors (Lipinski definition) is 4. The highest BCUT2D eigenvalue weighted by molar-refractivity contribution is 5.96. The minimum absolute atomic E-state index is 0.234. The van der Waals surface area contributed by atoms with Crippen LogP contribution in [0.5, 0.6) is 0 Å². The van der Waals surface area contributed by atoms with Crippen LogP contribution in [0.25, 0.3) is 27.8 Å². The van der Waals surface area contributed by atoms with Crippen molar-refractivity contribution < 1.29 is 19.1 Å². The number of anilines is 2. The fraction of sp³-hybridized carbons (Fsp3) is 0.477. The first-order chi connectivity index (χ1) is 29.3. The average Bonchev–Trinajstić information content (AvgIpc) is 3.90. The van der Waals surface area contributed by atoms with Crippen LogP contribution in [0.15, 0.2) is 48.4 Å². The zero-order valence-corrected chi connectivity index (χ0v) is 35.1. The van der Waals surface area contributed by atoms with E-state index in [1.54, 1.807) is 18.3 Å². The number of nitrogens with two attached hydrogens (primary N) is 1. The SMILES string of the molecule is CCc1nc2c(cnn2CC)c(NC2CCOCC2)c1CNC(=O)c1ccc(C2=CC=C(C(N)=O)CN2Cc2c(CC)nc3c(cnn3CC)c2NC2CCOCC2)nc1. The van der Waals surface area contributed by atoms with Crippen LogP contribution >= 0.6 is 0 Å². The molecule has 5 aromatic heterocycles. The fourth-order valence-corrected chi connectivity index (χ4v) is 8.50. The van der Waals surface area contributed by atoms with Gasteiger partial charge in [-0.3, -0.25) is 14.6 Å². The fourth-order valence-electron chi connectivity index (χ4n) is 8.50. The maximum atomic E-state index is 13.8. The maximum Gasteiger partial charge on any atom is 0.253 e. The molecule has 0 unspecified atom stereocenters. The summed E-state index contributed by atoms with van der Waals surface area (Å²) in [4.78, 5) is 43.5. The van der Waals surface area contributed by atoms with Crippen LogP contribution in [0.2, 0.25) is 0 Å². The summed E-state index contributed by atoms with van der Waals surface area (Å²) >= 11 is 0. The standard InChI is InChI=1S/C44H56N12O4/c1-5-35-31(39(50-29-13-17-59-18-14-29)32-23-48-55(7-3)42(32)52-35)22-47-44(58)27-9-11-37(46-21-27)38-12-10-28(41(45)57)25-54(38)26-34-36(6-2)53-43-33(24-49-56(43)8-4)40(34)51-30-15-19-60-20-16-30/h9-12,21,23-24,29-30H,5-8,13-20,22,25-26H2,1-4H3,(H2,45,57)(H,47,58)(H,50,52)(H,51,53). The summed E-state index contributed by atoms with van der Waals surface area (Å²) in [6.07, 6.45) is 14.0. The van der Waals surface area contributed by atoms with E-state index in [2.05, 4.69) is 58.7 Å². The van der Waals surface area contributed by atoms with Crippen LogP contribution < -0.4 is 21.7 Å². The summed E-state index contributed by atoms with van der Waals surface area (Å²) in [5.41, 5.74) is 15.8. The van der Waals surface area contributed by atoms with Crippen molar-refractivity contribution in [2.75, 3.05) is 43.6 Å². The minimum Gasteiger partial charge on any atom is -0.381 e. The highest BCUT2D eigenvalue weighted by Crippen LogP contribution is 2.35. The molecule has 16 nitrogen and oxygen atoms in total. The van der Waals surface area contributed by atoms with E-state index in [4.69, 9.17) is 30.2 Å². The molecule has 0 bridgehead atoms. The lowest BCUT2D eigenvalue weighted by atomic mass is 10.0. The van der Waals surface area contributed by atoms with Crippen LogP contribution in [0.4, 0.5) is 11.4 Å². The Kier molecular flexibility index (Phi) is 12.4. The van der Waals surface area contributed by atoms with E-state index in [1.165, 1.54) is 0 Å². The van der Waals surface area contributed by atoms with Crippen LogP contribution in [-0.4, -0.2) is 96.3 Å². The van der Waals surface area contributed by atoms with Crippen LogP contribution in [-0.2, 0) is 53.3 Å². The second-order valence-electron chi connectivity index (χ2n) is 15.6. The Morgan fingerprint density at radius 2 is 1.33 bits per heavy atom. The van der Waals surface area contributed by atoms with Gasteiger partial charge in [0.2, 0.25) is 5.91 Å². The number of primary amides is 1. The van der Waals surface area contributed by atoms with Crippen LogP contribution in [0.3, 0.4) is 0 Å². The van der Waals surface area contributed by atoms with E-state index in [1.807, 2.05) is 33.9 Å². The third-order valence-corrected chi connectivity index (χ3v) is 11.9. The second kappa shape index (κ2) is 18.2. The Labute approximate surface area is 350 Å². The van der Waals surface area contributed by atoms with Gasteiger partial charge in [0.05, 0.1) is 51.5 Å². The van der Waals surface area contributed by atoms with Gasteiger partial charge in [-0.25, -0.2) is 19.3 Å². The predicted octanol–water partition coefficient (Wildman–Crippen LogP) is 5.12. The molecule has 0 radical (unpaired) electrons. The molecule has 2 fully saturated rings. The molecular weight excluding hydrogens is 761 g/mol. The maximum absolute atomic E-state index is 13.8. The molecule has 3 aliphatic heterocycles. The van der Waals surface area contributed by atoms with Crippen LogP contribution in [0, 0.1) is 0 Å². The van der Waals surface area contributed by atoms with E-state index in [0.717, 1.165) is 87.3 Å². The van der Waals surface area contributed by atoms with E-state index >= 15 is 0 Å². The number of nitrogens with one attached hydrogen (secondary N) is 3. The number of rotatable bonds is 15. The summed E-state index contributed by atoms with van der Waals surface area (Å²) in [5, 5.41) is 22.0. The summed E-state index contributed by atoms with van der Waals surface area (Å²) < 4.78 is 15.1. The molecule has 5 N–H and O–H groups in total. The number of aromatic nitrogens is 7. The molecule has 0 atom stereocenters. The van der Waals surface area contributed by atoms with Crippen molar-refractivity contribution in [3.05, 3.63) is 82.2 Å². The number of ether oxygens (including phenoxy) is 2. The third kappa shape index (κ3) is 8.30. The highest BCUT2D eigenvalue weighted by Gasteiger charge is 2.28. The molecule has 0 saturated carbocycles. The molecule has 16 heteroatoms. The molecule has 3 aliphatic rings. The molecule has 0 spiro atoms. The second-order valence-corrected chi connectivity index (χ2v) is 15.6. The number of amides is 2. The lowest BCUT2D eigenvalue weighted by molar-refractivity contribution is -0.114. The van der Waals surface area contributed by atoms with Crippen molar-refractivity contribution >= 4 is 51.0 Å². The van der Waals surface area contributed by atoms with Gasteiger partial charge in [-0.2, -0.15) is 10.2 Å². The summed E-state index contributed by atoms with van der Waals surface area (Å²) in [7, 11) is 0. The molecule has 8 rings (SSSR count). The van der Waals surface area contributed by atoms with E-state index in [0.29, 0.717) is 75.7 Å². The van der Waals surface area contributed by atoms with Crippen molar-refractivity contribution in [3.8, 4) is 0 Å². The molecule has 2 amide bonds. The van der Waals surface area contributed by atoms with Gasteiger partial charge in [0.15, 0.2) is 11.3 Å². The van der Waals surface area contributed by atoms with Gasteiger partial charge in [0.25, 0.3) is 5.91 Å². The first kappa shape index (κ1) is 40.9. The molecule has 60 heavy (non-hydrogen) atoms. The first-order valence-electron chi connectivity index (χ1n) is 21.4. The lowest BCUT2D eigenvalue weighted by Crippen LogP contribution is -2.33. The molecule has 0 aromatic carbocycles. The Hall–Kier alpha value is -5.87. The van der Waals surface area contributed by atoms with Gasteiger partial charge < -0.3 is 36.1 Å². The predicted molar refractivity (Wildman–Crippen MR) is 231 cm³/mol. The zero-order chi connectivity index (χ0) is 41.8. The number of allylic oxidation sites excluding steroid dienone is 2. The van der Waals surface area contributed by atoms with Gasteiger partial charge in [-0.15, -0.1) is 0 Å². The van der Waals surface area contributed by atoms with Crippen molar-refractivity contribution in [1.82, 2.24) is 44.7 Å². The topological polar surface area (TPSA) is 192 Å². The Bertz CT molecular complexity index is 2420. The van der Waals surface area contributed by atoms with Crippen molar-refractivity contribution in [2.45, 2.75) is 104 Å². The van der Waals surface area contributed by atoms with Crippen LogP contribution in [0.1, 0.15) is 91.9 Å². The normalized spacial score (nSPS) is 16.6. The Morgan fingerprint density at radius 1 is 0.767 bits per heavy atom. The van der Waals surface area contributed by atoms with Gasteiger partial charge in [-0.05, 0) is 76.7 Å². The van der Waals surface area contributed by atoms with E-state index in [9.17, 15) is 9.59 Å². The Morgan fingerprint density at radius 3 is 1.85 bits per heavy atom. The zero-order valence-electron chi connectivity index (χ0n) is 35.1. The number of hydrogen-bond acceptors (Lipinski definition) is 12. The molecular formula is C44H56N12O4. The lowest BCUT2D eigenvalue weighted by Gasteiger charge is -2.33. The summed E-state index contributed by atoms with van der Waals surface area (Å²) in [6.45, 7) is 13.6. The van der Waals surface area contributed by atoms with Crippen molar-refractivity contribution in [1.29, 1.82) is 0 Å². The van der Waals surface area contributed by atoms with Gasteiger partial charge in [-0.1, -0.05) is 13.8 Å². The molecule has 8 heterocycles. The number of nitrogens with zero attached hydrogens (tertiary/aromatic N) is 8. The van der Waals surface area contributed by atoms with E-state index in [-0.39, 0.29) is 31.1 Å². The third-order valence-electron chi connectivity index (χ3n) is 11.9. The van der Waals surface area contributed by atoms with Gasteiger partial charge in [0.1, 0.15) is 0 Å². The number of carbonyl (C=O) groups excluding carboxylic acids is 2. The number of fused-ring (bicyclic) bond motifs is 2. The minimum atomic E-state index is -0.477. The number of aryl methyl sites for hydroxylation is 4. The number of carbonyl (C=O) groups is 2. The monoisotopic (exact) mass is 816 g/mol. The van der Waals surface area contributed by atoms with Crippen molar-refractivity contribution in [2.24, 2.45) is 5.73 Å². The molecule has 316 valence electrons. The van der Waals surface area contributed by atoms with E-state index < -0.39 is 5.91 Å². The molecule has 2 saturated heterocycles. The smallest absolute Gasteiger partial charge is 0.253 e. The van der Waals surface area contributed by atoms with Gasteiger partial charge in [0, 0.05) is 106 Å². The molecule has 0 aliphatic carbocycles. The van der Waals surface area contributed by atoms with Crippen molar-refractivity contribution in [3.63, 3.8) is 0 Å². The largest absolute Gasteiger partial charge is 0.381 e. The summed E-state index contributed by atoms with van der Waals surface area (Å²) in [6, 6.07) is 4.13. The first-order valence-corrected chi connectivity index (χ1v) is 21.4. The average molecular weight is 817 g/mol. The number of pyridine rings is 3. The quantitative estimate of drug-likeness (QED) is 0.109. The molecule has 5 aromatic rings. The Balaban J connectivity index is 1.07. The van der Waals surface area contributed by atoms with Gasteiger partial charge >= 0.3 is 0 Å².